The quantitative estimate of drug-likeness (QED) is 0.0799. The van der Waals surface area contributed by atoms with Crippen molar-refractivity contribution in [3.05, 3.63) is 115 Å². The van der Waals surface area contributed by atoms with Crippen LogP contribution in [0.2, 0.25) is 0 Å². The van der Waals surface area contributed by atoms with Crippen LogP contribution in [0.5, 0.6) is 11.5 Å². The van der Waals surface area contributed by atoms with E-state index in [1.807, 2.05) is 83.3 Å². The largest absolute Gasteiger partial charge is 0.426 e. The Kier molecular flexibility index (Phi) is 8.03. The van der Waals surface area contributed by atoms with Crippen LogP contribution in [0.15, 0.2) is 124 Å². The molecule has 0 bridgehead atoms. The molecule has 1 unspecified atom stereocenters. The van der Waals surface area contributed by atoms with Crippen molar-refractivity contribution in [2.24, 2.45) is 0 Å². The van der Waals surface area contributed by atoms with Crippen LogP contribution in [-0.2, 0) is 15.7 Å². The summed E-state index contributed by atoms with van der Waals surface area (Å²) in [6.45, 7) is 1.75. The normalized spacial score (nSPS) is 11.6. The molecule has 0 heterocycles. The molecule has 0 fully saturated rings. The Bertz CT molecular complexity index is 1200. The molecule has 0 saturated carbocycles. The maximum atomic E-state index is 12.6. The fraction of sp³-hybridized carbons (Fsp3) is 0.0714. The fourth-order valence-corrected chi connectivity index (χ4v) is 5.40. The maximum Gasteiger partial charge on any atom is 0.343 e. The standard InChI is InChI=1S/C28H22IO4S/c1-20(29)27(30)32-22-14-12-21(13-15-22)28(31)33-23-16-18-26(19-17-23)34(24-8-4-2-5-9-24)25-10-6-3-7-11-25/h2-20H,1H3/q+1. The topological polar surface area (TPSA) is 52.6 Å². The van der Waals surface area contributed by atoms with Gasteiger partial charge in [0, 0.05) is 0 Å². The molecule has 4 aromatic carbocycles. The van der Waals surface area contributed by atoms with Crippen LogP contribution in [0.1, 0.15) is 17.3 Å². The molecule has 0 radical (unpaired) electrons. The number of benzene rings is 4. The second-order valence-electron chi connectivity index (χ2n) is 7.35. The minimum Gasteiger partial charge on any atom is -0.426 e. The zero-order valence-electron chi connectivity index (χ0n) is 18.4. The highest BCUT2D eigenvalue weighted by Gasteiger charge is 2.28. The molecule has 0 aliphatic rings. The lowest BCUT2D eigenvalue weighted by molar-refractivity contribution is -0.133. The molecule has 170 valence electrons. The van der Waals surface area contributed by atoms with Crippen LogP contribution in [-0.4, -0.2) is 15.9 Å². The van der Waals surface area contributed by atoms with E-state index in [9.17, 15) is 9.59 Å². The highest BCUT2D eigenvalue weighted by molar-refractivity contribution is 14.1. The van der Waals surface area contributed by atoms with Gasteiger partial charge >= 0.3 is 11.9 Å². The Balaban J connectivity index is 1.48. The van der Waals surface area contributed by atoms with E-state index < -0.39 is 5.97 Å². The van der Waals surface area contributed by atoms with Crippen molar-refractivity contribution in [3.63, 3.8) is 0 Å². The second-order valence-corrected chi connectivity index (χ2v) is 11.2. The Morgan fingerprint density at radius 1 is 0.647 bits per heavy atom. The molecule has 0 aromatic heterocycles. The molecule has 0 spiro atoms. The molecule has 34 heavy (non-hydrogen) atoms. The third-order valence-corrected chi connectivity index (χ3v) is 7.60. The number of hydrogen-bond acceptors (Lipinski definition) is 4. The fourth-order valence-electron chi connectivity index (χ4n) is 3.19. The third kappa shape index (κ3) is 6.07. The lowest BCUT2D eigenvalue weighted by Gasteiger charge is -2.09. The van der Waals surface area contributed by atoms with Gasteiger partial charge in [0.25, 0.3) is 0 Å². The first kappa shape index (κ1) is 24.0. The van der Waals surface area contributed by atoms with E-state index in [1.165, 1.54) is 9.79 Å². The molecule has 0 aliphatic heterocycles. The van der Waals surface area contributed by atoms with Crippen molar-refractivity contribution >= 4 is 45.4 Å². The Morgan fingerprint density at radius 3 is 1.59 bits per heavy atom. The first-order valence-electron chi connectivity index (χ1n) is 10.6. The number of hydrogen-bond donors (Lipinski definition) is 0. The van der Waals surface area contributed by atoms with Crippen LogP contribution >= 0.6 is 22.6 Å². The summed E-state index contributed by atoms with van der Waals surface area (Å²) in [6.07, 6.45) is 0. The van der Waals surface area contributed by atoms with Gasteiger partial charge in [0.1, 0.15) is 15.4 Å². The second kappa shape index (κ2) is 11.4. The summed E-state index contributed by atoms with van der Waals surface area (Å²) in [7, 11) is -0.265. The van der Waals surface area contributed by atoms with E-state index in [4.69, 9.17) is 9.47 Å². The van der Waals surface area contributed by atoms with Gasteiger partial charge < -0.3 is 9.47 Å². The monoisotopic (exact) mass is 581 g/mol. The lowest BCUT2D eigenvalue weighted by Crippen LogP contribution is -2.17. The number of carbonyl (C=O) groups is 2. The minimum atomic E-state index is -0.474. The van der Waals surface area contributed by atoms with Crippen molar-refractivity contribution in [3.8, 4) is 11.5 Å². The van der Waals surface area contributed by atoms with Gasteiger partial charge in [-0.1, -0.05) is 59.0 Å². The van der Waals surface area contributed by atoms with Crippen LogP contribution in [0, 0.1) is 0 Å². The molecule has 0 aliphatic carbocycles. The number of esters is 2. The first-order chi connectivity index (χ1) is 16.5. The SMILES string of the molecule is CC(I)C(=O)Oc1ccc(C(=O)Oc2ccc([S+](c3ccccc3)c3ccccc3)cc2)cc1. The summed E-state index contributed by atoms with van der Waals surface area (Å²) in [5.41, 5.74) is 0.375. The highest BCUT2D eigenvalue weighted by atomic mass is 127. The molecular formula is C28H22IO4S+. The molecular weight excluding hydrogens is 559 g/mol. The summed E-state index contributed by atoms with van der Waals surface area (Å²) in [4.78, 5) is 27.9. The van der Waals surface area contributed by atoms with Crippen LogP contribution in [0.3, 0.4) is 0 Å². The van der Waals surface area contributed by atoms with E-state index in [1.54, 1.807) is 31.2 Å². The zero-order valence-corrected chi connectivity index (χ0v) is 21.4. The highest BCUT2D eigenvalue weighted by Crippen LogP contribution is 2.32. The van der Waals surface area contributed by atoms with Gasteiger partial charge in [-0.25, -0.2) is 4.79 Å². The molecule has 0 N–H and O–H groups in total. The van der Waals surface area contributed by atoms with E-state index in [2.05, 4.69) is 24.3 Å². The average molecular weight is 581 g/mol. The van der Waals surface area contributed by atoms with Crippen LogP contribution in [0.4, 0.5) is 0 Å². The molecule has 0 saturated heterocycles. The van der Waals surface area contributed by atoms with Gasteiger partial charge in [0.05, 0.1) is 16.5 Å². The number of halogens is 1. The maximum absolute atomic E-state index is 12.6. The van der Waals surface area contributed by atoms with E-state index >= 15 is 0 Å². The van der Waals surface area contributed by atoms with Crippen molar-refractivity contribution in [1.82, 2.24) is 0 Å². The smallest absolute Gasteiger partial charge is 0.343 e. The molecule has 4 rings (SSSR count). The van der Waals surface area contributed by atoms with E-state index in [0.717, 1.165) is 4.90 Å². The third-order valence-electron chi connectivity index (χ3n) is 4.86. The molecule has 6 heteroatoms. The summed E-state index contributed by atoms with van der Waals surface area (Å²) in [5, 5.41) is 0. The summed E-state index contributed by atoms with van der Waals surface area (Å²) in [5.74, 6) is 0.0509. The number of rotatable bonds is 7. The van der Waals surface area contributed by atoms with Crippen LogP contribution in [0.25, 0.3) is 0 Å². The van der Waals surface area contributed by atoms with Crippen molar-refractivity contribution in [2.75, 3.05) is 0 Å². The molecule has 4 aromatic rings. The van der Waals surface area contributed by atoms with Gasteiger partial charge in [-0.15, -0.1) is 0 Å². The summed E-state index contributed by atoms with van der Waals surface area (Å²) >= 11 is 1.99. The molecule has 1 atom stereocenters. The Hall–Kier alpha value is -3.10. The van der Waals surface area contributed by atoms with Gasteiger partial charge in [0.2, 0.25) is 0 Å². The van der Waals surface area contributed by atoms with Crippen molar-refractivity contribution < 1.29 is 19.1 Å². The van der Waals surface area contributed by atoms with Crippen LogP contribution < -0.4 is 9.47 Å². The molecule has 0 amide bonds. The predicted octanol–water partition coefficient (Wildman–Crippen LogP) is 6.73. The predicted molar refractivity (Wildman–Crippen MR) is 142 cm³/mol. The van der Waals surface area contributed by atoms with E-state index in [0.29, 0.717) is 17.1 Å². The van der Waals surface area contributed by atoms with Gasteiger partial charge in [0.15, 0.2) is 14.7 Å². The van der Waals surface area contributed by atoms with Gasteiger partial charge in [-0.2, -0.15) is 0 Å². The lowest BCUT2D eigenvalue weighted by atomic mass is 10.2. The summed E-state index contributed by atoms with van der Waals surface area (Å²) < 4.78 is 10.5. The number of carbonyl (C=O) groups excluding carboxylic acids is 2. The van der Waals surface area contributed by atoms with Crippen molar-refractivity contribution in [2.45, 2.75) is 25.5 Å². The summed E-state index contributed by atoms with van der Waals surface area (Å²) in [6, 6.07) is 34.7. The van der Waals surface area contributed by atoms with Crippen molar-refractivity contribution in [1.29, 1.82) is 0 Å². The number of ether oxygens (including phenoxy) is 2. The average Bonchev–Trinajstić information content (AvgIpc) is 2.87. The first-order valence-corrected chi connectivity index (χ1v) is 13.1. The number of alkyl halides is 1. The Morgan fingerprint density at radius 2 is 1.09 bits per heavy atom. The van der Waals surface area contributed by atoms with Gasteiger partial charge in [-0.05, 0) is 79.7 Å². The minimum absolute atomic E-state index is 0.255. The zero-order chi connectivity index (χ0) is 23.9. The van der Waals surface area contributed by atoms with Gasteiger partial charge in [-0.3, -0.25) is 4.79 Å². The van der Waals surface area contributed by atoms with E-state index in [-0.39, 0.29) is 20.8 Å². The Labute approximate surface area is 215 Å². The molecule has 4 nitrogen and oxygen atoms in total.